The molecule has 0 amide bonds. The average molecular weight is 666 g/mol. The van der Waals surface area contributed by atoms with Crippen LogP contribution in [0.15, 0.2) is 0 Å². The monoisotopic (exact) mass is 666 g/mol. The molecule has 0 aromatic carbocycles. The minimum absolute atomic E-state index is 0.447. The molecule has 0 rings (SSSR count). The molecule has 0 aliphatic rings. The van der Waals surface area contributed by atoms with Gasteiger partial charge in [-0.2, -0.15) is 0 Å². The Labute approximate surface area is 298 Å². The van der Waals surface area contributed by atoms with Crippen molar-refractivity contribution in [3.63, 3.8) is 0 Å². The van der Waals surface area contributed by atoms with E-state index in [0.29, 0.717) is 16.7 Å². The molecule has 0 bridgehead atoms. The van der Waals surface area contributed by atoms with E-state index in [-0.39, 0.29) is 0 Å². The van der Waals surface area contributed by atoms with Gasteiger partial charge in [-0.05, 0) is 96.2 Å². The highest BCUT2D eigenvalue weighted by atomic mass is 16.7. The first-order valence-corrected chi connectivity index (χ1v) is 21.4. The van der Waals surface area contributed by atoms with Crippen LogP contribution in [0.5, 0.6) is 0 Å². The molecule has 0 heterocycles. The number of nitrogens with zero attached hydrogens (tertiary/aromatic N) is 1. The second-order valence-electron chi connectivity index (χ2n) is 17.7. The fraction of sp³-hybridized carbons (Fsp3) is 1.00. The van der Waals surface area contributed by atoms with Crippen molar-refractivity contribution >= 4 is 0 Å². The van der Waals surface area contributed by atoms with Crippen molar-refractivity contribution in [1.82, 2.24) is 4.90 Å². The second-order valence-corrected chi connectivity index (χ2v) is 17.7. The molecule has 0 saturated carbocycles. The van der Waals surface area contributed by atoms with Gasteiger partial charge in [0.2, 0.25) is 0 Å². The van der Waals surface area contributed by atoms with E-state index < -0.39 is 5.79 Å². The van der Waals surface area contributed by atoms with Gasteiger partial charge in [-0.1, -0.05) is 164 Å². The molecule has 3 nitrogen and oxygen atoms in total. The van der Waals surface area contributed by atoms with Crippen molar-refractivity contribution in [2.24, 2.45) is 16.7 Å². The third-order valence-electron chi connectivity index (χ3n) is 10.3. The molecule has 1 unspecified atom stereocenters. The zero-order chi connectivity index (χ0) is 35.3. The molecule has 47 heavy (non-hydrogen) atoms. The van der Waals surface area contributed by atoms with Gasteiger partial charge in [0.15, 0.2) is 5.79 Å². The Kier molecular flexibility index (Phi) is 29.5. The van der Waals surface area contributed by atoms with Gasteiger partial charge in [0.25, 0.3) is 0 Å². The maximum absolute atomic E-state index is 6.34. The average Bonchev–Trinajstić information content (AvgIpc) is 2.98. The van der Waals surface area contributed by atoms with E-state index in [4.69, 9.17) is 9.47 Å². The van der Waals surface area contributed by atoms with Gasteiger partial charge in [-0.25, -0.2) is 0 Å². The standard InChI is InChI=1S/C44H91NO2/c1-11-14-15-16-23-28-34-41(44(10,46-12-2)47-13-3)35-33-40-45(38-31-26-21-17-19-24-29-36-42(4,5)6)39-32-27-22-18-20-25-30-37-43(7,8)9/h41H,11-40H2,1-10H3. The Morgan fingerprint density at radius 2 is 0.745 bits per heavy atom. The first kappa shape index (κ1) is 46.9. The molecule has 0 radical (unpaired) electrons. The first-order valence-electron chi connectivity index (χ1n) is 21.4. The predicted molar refractivity (Wildman–Crippen MR) is 212 cm³/mol. The molecule has 0 N–H and O–H groups in total. The van der Waals surface area contributed by atoms with Crippen LogP contribution in [0, 0.1) is 16.7 Å². The maximum Gasteiger partial charge on any atom is 0.168 e. The highest BCUT2D eigenvalue weighted by molar-refractivity contribution is 4.77. The lowest BCUT2D eigenvalue weighted by molar-refractivity contribution is -0.254. The Balaban J connectivity index is 4.83. The van der Waals surface area contributed by atoms with Crippen LogP contribution in [0.2, 0.25) is 0 Å². The Morgan fingerprint density at radius 3 is 1.15 bits per heavy atom. The molecular formula is C44H91NO2. The summed E-state index contributed by atoms with van der Waals surface area (Å²) < 4.78 is 12.7. The van der Waals surface area contributed by atoms with Gasteiger partial charge in [-0.3, -0.25) is 0 Å². The van der Waals surface area contributed by atoms with Crippen LogP contribution in [-0.4, -0.2) is 43.5 Å². The fourth-order valence-corrected chi connectivity index (χ4v) is 7.34. The fourth-order valence-electron chi connectivity index (χ4n) is 7.34. The lowest BCUT2D eigenvalue weighted by atomic mass is 9.88. The SMILES string of the molecule is CCCCCCCCC(CCCN(CCCCCCCCCC(C)(C)C)CCCCCCCCCC(C)(C)C)C(C)(OCC)OCC. The molecule has 0 aliphatic heterocycles. The number of hydrogen-bond donors (Lipinski definition) is 0. The van der Waals surface area contributed by atoms with Crippen molar-refractivity contribution in [1.29, 1.82) is 0 Å². The zero-order valence-corrected chi connectivity index (χ0v) is 34.6. The van der Waals surface area contributed by atoms with Gasteiger partial charge in [0, 0.05) is 19.1 Å². The van der Waals surface area contributed by atoms with E-state index >= 15 is 0 Å². The van der Waals surface area contributed by atoms with E-state index in [2.05, 4.69) is 74.1 Å². The van der Waals surface area contributed by atoms with Crippen LogP contribution in [0.25, 0.3) is 0 Å². The molecule has 0 saturated heterocycles. The maximum atomic E-state index is 6.34. The van der Waals surface area contributed by atoms with Crippen LogP contribution < -0.4 is 0 Å². The zero-order valence-electron chi connectivity index (χ0n) is 34.6. The summed E-state index contributed by atoms with van der Waals surface area (Å²) in [6.45, 7) is 28.3. The van der Waals surface area contributed by atoms with E-state index in [1.165, 1.54) is 180 Å². The van der Waals surface area contributed by atoms with E-state index in [1.54, 1.807) is 0 Å². The van der Waals surface area contributed by atoms with Gasteiger partial charge < -0.3 is 14.4 Å². The molecule has 3 heteroatoms. The smallest absolute Gasteiger partial charge is 0.168 e. The van der Waals surface area contributed by atoms with E-state index in [1.807, 2.05) is 0 Å². The van der Waals surface area contributed by atoms with E-state index in [0.717, 1.165) is 13.2 Å². The van der Waals surface area contributed by atoms with E-state index in [9.17, 15) is 0 Å². The molecule has 0 spiro atoms. The number of unbranched alkanes of at least 4 members (excludes halogenated alkanes) is 17. The molecular weight excluding hydrogens is 574 g/mol. The summed E-state index contributed by atoms with van der Waals surface area (Å²) in [4.78, 5) is 2.83. The van der Waals surface area contributed by atoms with Crippen LogP contribution in [0.4, 0.5) is 0 Å². The third-order valence-corrected chi connectivity index (χ3v) is 10.3. The largest absolute Gasteiger partial charge is 0.350 e. The van der Waals surface area contributed by atoms with Gasteiger partial charge in [0.1, 0.15) is 0 Å². The molecule has 0 aromatic heterocycles. The van der Waals surface area contributed by atoms with Crippen molar-refractivity contribution in [3.05, 3.63) is 0 Å². The lowest BCUT2D eigenvalue weighted by Crippen LogP contribution is -2.41. The second kappa shape index (κ2) is 29.6. The van der Waals surface area contributed by atoms with Crippen molar-refractivity contribution in [2.45, 2.75) is 236 Å². The first-order chi connectivity index (χ1) is 22.4. The molecule has 284 valence electrons. The van der Waals surface area contributed by atoms with Crippen LogP contribution in [0.1, 0.15) is 230 Å². The van der Waals surface area contributed by atoms with Crippen molar-refractivity contribution < 1.29 is 9.47 Å². The van der Waals surface area contributed by atoms with Crippen LogP contribution in [0.3, 0.4) is 0 Å². The Hall–Kier alpha value is -0.120. The van der Waals surface area contributed by atoms with Crippen molar-refractivity contribution in [2.75, 3.05) is 32.8 Å². The summed E-state index contributed by atoms with van der Waals surface area (Å²) in [6, 6.07) is 0. The minimum Gasteiger partial charge on any atom is -0.350 e. The highest BCUT2D eigenvalue weighted by Gasteiger charge is 2.35. The Morgan fingerprint density at radius 1 is 0.404 bits per heavy atom. The summed E-state index contributed by atoms with van der Waals surface area (Å²) in [7, 11) is 0. The minimum atomic E-state index is -0.447. The van der Waals surface area contributed by atoms with Gasteiger partial charge >= 0.3 is 0 Å². The third kappa shape index (κ3) is 30.4. The summed E-state index contributed by atoms with van der Waals surface area (Å²) in [5, 5.41) is 0. The van der Waals surface area contributed by atoms with Crippen molar-refractivity contribution in [3.8, 4) is 0 Å². The molecule has 0 aromatic rings. The molecule has 0 fully saturated rings. The van der Waals surface area contributed by atoms with Crippen LogP contribution >= 0.6 is 0 Å². The molecule has 0 aliphatic carbocycles. The normalized spacial score (nSPS) is 13.6. The van der Waals surface area contributed by atoms with Gasteiger partial charge in [-0.15, -0.1) is 0 Å². The summed E-state index contributed by atoms with van der Waals surface area (Å²) >= 11 is 0. The summed E-state index contributed by atoms with van der Waals surface area (Å²) in [5.74, 6) is 0.0318. The number of hydrogen-bond acceptors (Lipinski definition) is 3. The predicted octanol–water partition coefficient (Wildman–Crippen LogP) is 14.6. The lowest BCUT2D eigenvalue weighted by Gasteiger charge is -2.38. The van der Waals surface area contributed by atoms with Gasteiger partial charge in [0.05, 0.1) is 0 Å². The number of rotatable bonds is 34. The summed E-state index contributed by atoms with van der Waals surface area (Å²) in [5.41, 5.74) is 0.989. The Bertz CT molecular complexity index is 610. The highest BCUT2D eigenvalue weighted by Crippen LogP contribution is 2.33. The quantitative estimate of drug-likeness (QED) is 0.0504. The topological polar surface area (TPSA) is 21.7 Å². The molecule has 1 atom stereocenters. The van der Waals surface area contributed by atoms with Crippen LogP contribution in [-0.2, 0) is 9.47 Å². The number of ether oxygens (including phenoxy) is 2. The summed E-state index contributed by atoms with van der Waals surface area (Å²) in [6.07, 6.45) is 34.3.